The van der Waals surface area contributed by atoms with Crippen LogP contribution in [0.15, 0.2) is 30.3 Å². The second-order valence-electron chi connectivity index (χ2n) is 5.55. The van der Waals surface area contributed by atoms with E-state index < -0.39 is 0 Å². The fourth-order valence-electron chi connectivity index (χ4n) is 2.81. The molecule has 1 aromatic carbocycles. The quantitative estimate of drug-likeness (QED) is 0.883. The summed E-state index contributed by atoms with van der Waals surface area (Å²) >= 11 is 0. The number of amides is 1. The molecule has 1 aliphatic carbocycles. The summed E-state index contributed by atoms with van der Waals surface area (Å²) in [5, 5.41) is 3.07. The Hall–Kier alpha value is -1.35. The molecule has 104 valence electrons. The molecule has 1 amide bonds. The molecule has 19 heavy (non-hydrogen) atoms. The van der Waals surface area contributed by atoms with E-state index >= 15 is 0 Å². The summed E-state index contributed by atoms with van der Waals surface area (Å²) in [5.41, 5.74) is 1.15. The number of benzene rings is 1. The third-order valence-corrected chi connectivity index (χ3v) is 4.02. The van der Waals surface area contributed by atoms with Crippen LogP contribution in [0.25, 0.3) is 0 Å². The summed E-state index contributed by atoms with van der Waals surface area (Å²) in [4.78, 5) is 14.2. The summed E-state index contributed by atoms with van der Waals surface area (Å²) in [5.74, 6) is 0.116. The number of carbonyl (C=O) groups excluding carboxylic acids is 1. The van der Waals surface area contributed by atoms with Gasteiger partial charge in [-0.3, -0.25) is 9.69 Å². The van der Waals surface area contributed by atoms with Crippen LogP contribution in [0.5, 0.6) is 0 Å². The highest BCUT2D eigenvalue weighted by molar-refractivity contribution is 5.78. The minimum atomic E-state index is 0.0747. The van der Waals surface area contributed by atoms with Crippen molar-refractivity contribution in [1.29, 1.82) is 0 Å². The predicted molar refractivity (Wildman–Crippen MR) is 77.9 cm³/mol. The average Bonchev–Trinajstić information content (AvgIpc) is 2.93. The number of hydrogen-bond acceptors (Lipinski definition) is 2. The van der Waals surface area contributed by atoms with Crippen molar-refractivity contribution in [3.63, 3.8) is 0 Å². The Morgan fingerprint density at radius 3 is 2.58 bits per heavy atom. The van der Waals surface area contributed by atoms with Gasteiger partial charge < -0.3 is 5.32 Å². The Balaban J connectivity index is 1.80. The smallest absolute Gasteiger partial charge is 0.234 e. The molecule has 3 nitrogen and oxygen atoms in total. The number of hydrogen-bond donors (Lipinski definition) is 1. The van der Waals surface area contributed by atoms with E-state index in [-0.39, 0.29) is 11.9 Å². The van der Waals surface area contributed by atoms with Crippen molar-refractivity contribution >= 4 is 5.91 Å². The van der Waals surface area contributed by atoms with Gasteiger partial charge >= 0.3 is 0 Å². The molecule has 0 aliphatic heterocycles. The molecule has 0 aromatic heterocycles. The molecule has 1 aliphatic rings. The maximum atomic E-state index is 12.0. The molecule has 1 N–H and O–H groups in total. The molecule has 0 spiro atoms. The van der Waals surface area contributed by atoms with Crippen molar-refractivity contribution in [2.45, 2.75) is 44.7 Å². The fourth-order valence-corrected chi connectivity index (χ4v) is 2.81. The van der Waals surface area contributed by atoms with Crippen molar-refractivity contribution in [2.24, 2.45) is 0 Å². The van der Waals surface area contributed by atoms with Gasteiger partial charge in [0.15, 0.2) is 0 Å². The van der Waals surface area contributed by atoms with Crippen LogP contribution in [0.3, 0.4) is 0 Å². The summed E-state index contributed by atoms with van der Waals surface area (Å²) < 4.78 is 0. The monoisotopic (exact) mass is 260 g/mol. The highest BCUT2D eigenvalue weighted by Crippen LogP contribution is 2.22. The van der Waals surface area contributed by atoms with Crippen molar-refractivity contribution in [1.82, 2.24) is 10.2 Å². The third kappa shape index (κ3) is 4.06. The first-order chi connectivity index (χ1) is 9.16. The van der Waals surface area contributed by atoms with Gasteiger partial charge in [-0.2, -0.15) is 0 Å². The maximum Gasteiger partial charge on any atom is 0.234 e. The summed E-state index contributed by atoms with van der Waals surface area (Å²) in [6.07, 6.45) is 5.07. The normalized spacial score (nSPS) is 17.6. The Labute approximate surface area is 116 Å². The lowest BCUT2D eigenvalue weighted by Gasteiger charge is -2.24. The first-order valence-electron chi connectivity index (χ1n) is 7.21. The molecule has 0 saturated heterocycles. The predicted octanol–water partition coefficient (Wildman–Crippen LogP) is 2.74. The van der Waals surface area contributed by atoms with Gasteiger partial charge in [-0.1, -0.05) is 43.2 Å². The topological polar surface area (TPSA) is 32.3 Å². The fraction of sp³-hybridized carbons (Fsp3) is 0.562. The van der Waals surface area contributed by atoms with Crippen LogP contribution in [-0.2, 0) is 4.79 Å². The molecular formula is C16H24N2O. The van der Waals surface area contributed by atoms with E-state index in [1.165, 1.54) is 25.7 Å². The average molecular weight is 260 g/mol. The third-order valence-electron chi connectivity index (χ3n) is 4.02. The van der Waals surface area contributed by atoms with E-state index in [4.69, 9.17) is 0 Å². The van der Waals surface area contributed by atoms with E-state index in [2.05, 4.69) is 17.3 Å². The highest BCUT2D eigenvalue weighted by Gasteiger charge is 2.21. The summed E-state index contributed by atoms with van der Waals surface area (Å²) in [6, 6.07) is 10.8. The molecule has 1 fully saturated rings. The largest absolute Gasteiger partial charge is 0.348 e. The van der Waals surface area contributed by atoms with Gasteiger partial charge in [-0.25, -0.2) is 0 Å². The van der Waals surface area contributed by atoms with Gasteiger partial charge in [0, 0.05) is 6.04 Å². The lowest BCUT2D eigenvalue weighted by molar-refractivity contribution is -0.123. The van der Waals surface area contributed by atoms with Gasteiger partial charge in [0.05, 0.1) is 12.6 Å². The SMILES string of the molecule is CC(NC(=O)CN(C)C1CCCC1)c1ccccc1. The molecule has 2 rings (SSSR count). The van der Waals surface area contributed by atoms with Crippen LogP contribution in [0, 0.1) is 0 Å². The molecule has 1 aromatic rings. The van der Waals surface area contributed by atoms with Crippen LogP contribution in [0.1, 0.15) is 44.2 Å². The van der Waals surface area contributed by atoms with E-state index in [1.54, 1.807) is 0 Å². The number of nitrogens with one attached hydrogen (secondary N) is 1. The standard InChI is InChI=1S/C16H24N2O/c1-13(14-8-4-3-5-9-14)17-16(19)12-18(2)15-10-6-7-11-15/h3-5,8-9,13,15H,6-7,10-12H2,1-2H3,(H,17,19). The second kappa shape index (κ2) is 6.71. The summed E-state index contributed by atoms with van der Waals surface area (Å²) in [6.45, 7) is 2.53. The molecule has 0 heterocycles. The first-order valence-corrected chi connectivity index (χ1v) is 7.21. The number of rotatable bonds is 5. The van der Waals surface area contributed by atoms with E-state index in [0.29, 0.717) is 12.6 Å². The lowest BCUT2D eigenvalue weighted by Crippen LogP contribution is -2.40. The Kier molecular flexibility index (Phi) is 4.97. The van der Waals surface area contributed by atoms with Crippen LogP contribution in [0.4, 0.5) is 0 Å². The van der Waals surface area contributed by atoms with Gasteiger partial charge in [-0.15, -0.1) is 0 Å². The van der Waals surface area contributed by atoms with Gasteiger partial charge in [0.1, 0.15) is 0 Å². The molecule has 1 saturated carbocycles. The maximum absolute atomic E-state index is 12.0. The van der Waals surface area contributed by atoms with Gasteiger partial charge in [-0.05, 0) is 32.4 Å². The zero-order chi connectivity index (χ0) is 13.7. The van der Waals surface area contributed by atoms with Crippen LogP contribution in [-0.4, -0.2) is 30.4 Å². The van der Waals surface area contributed by atoms with Crippen molar-refractivity contribution in [3.05, 3.63) is 35.9 Å². The second-order valence-corrected chi connectivity index (χ2v) is 5.55. The minimum Gasteiger partial charge on any atom is -0.348 e. The van der Waals surface area contributed by atoms with Gasteiger partial charge in [0.25, 0.3) is 0 Å². The molecule has 1 atom stereocenters. The molecule has 0 bridgehead atoms. The Morgan fingerprint density at radius 1 is 1.32 bits per heavy atom. The molecular weight excluding hydrogens is 236 g/mol. The zero-order valence-corrected chi connectivity index (χ0v) is 11.9. The summed E-state index contributed by atoms with van der Waals surface area (Å²) in [7, 11) is 2.06. The Bertz CT molecular complexity index is 398. The number of nitrogens with zero attached hydrogens (tertiary/aromatic N) is 1. The van der Waals surface area contributed by atoms with Crippen molar-refractivity contribution in [3.8, 4) is 0 Å². The zero-order valence-electron chi connectivity index (χ0n) is 11.9. The van der Waals surface area contributed by atoms with Crippen molar-refractivity contribution in [2.75, 3.05) is 13.6 Å². The van der Waals surface area contributed by atoms with E-state index in [1.807, 2.05) is 37.3 Å². The van der Waals surface area contributed by atoms with Crippen LogP contribution >= 0.6 is 0 Å². The highest BCUT2D eigenvalue weighted by atomic mass is 16.2. The van der Waals surface area contributed by atoms with Gasteiger partial charge in [0.2, 0.25) is 5.91 Å². The Morgan fingerprint density at radius 2 is 1.95 bits per heavy atom. The lowest BCUT2D eigenvalue weighted by atomic mass is 10.1. The molecule has 1 unspecified atom stereocenters. The molecule has 3 heteroatoms. The molecule has 0 radical (unpaired) electrons. The first kappa shape index (κ1) is 14.1. The number of carbonyl (C=O) groups is 1. The van der Waals surface area contributed by atoms with Crippen molar-refractivity contribution < 1.29 is 4.79 Å². The van der Waals surface area contributed by atoms with Crippen LogP contribution < -0.4 is 5.32 Å². The minimum absolute atomic E-state index is 0.0747. The number of likely N-dealkylation sites (N-methyl/N-ethyl adjacent to an activating group) is 1. The van der Waals surface area contributed by atoms with E-state index in [0.717, 1.165) is 5.56 Å². The van der Waals surface area contributed by atoms with E-state index in [9.17, 15) is 4.79 Å². The van der Waals surface area contributed by atoms with Crippen LogP contribution in [0.2, 0.25) is 0 Å².